The largest absolute Gasteiger partial charge is 0.326 e. The van der Waals surface area contributed by atoms with E-state index in [1.54, 1.807) is 0 Å². The molecule has 1 unspecified atom stereocenters. The third kappa shape index (κ3) is 5.41. The SMILES string of the molecule is CCCC(C)N(C)CC(=O)Nc1cccc(CN)c1. The summed E-state index contributed by atoms with van der Waals surface area (Å²) in [5.41, 5.74) is 7.41. The molecule has 0 radical (unpaired) electrons. The molecule has 0 aliphatic rings. The summed E-state index contributed by atoms with van der Waals surface area (Å²) < 4.78 is 0. The van der Waals surface area contributed by atoms with E-state index in [4.69, 9.17) is 5.73 Å². The smallest absolute Gasteiger partial charge is 0.238 e. The van der Waals surface area contributed by atoms with Gasteiger partial charge in [0.05, 0.1) is 6.54 Å². The monoisotopic (exact) mass is 263 g/mol. The number of benzene rings is 1. The van der Waals surface area contributed by atoms with Crippen molar-refractivity contribution in [2.45, 2.75) is 39.3 Å². The molecule has 1 atom stereocenters. The highest BCUT2D eigenvalue weighted by molar-refractivity contribution is 5.92. The number of nitrogens with two attached hydrogens (primary N) is 1. The van der Waals surface area contributed by atoms with Crippen LogP contribution < -0.4 is 11.1 Å². The zero-order valence-corrected chi connectivity index (χ0v) is 12.1. The van der Waals surface area contributed by atoms with Crippen molar-refractivity contribution in [3.8, 4) is 0 Å². The van der Waals surface area contributed by atoms with Gasteiger partial charge in [0.2, 0.25) is 5.91 Å². The van der Waals surface area contributed by atoms with Crippen LogP contribution in [0.1, 0.15) is 32.3 Å². The van der Waals surface area contributed by atoms with Gasteiger partial charge in [0, 0.05) is 18.3 Å². The Morgan fingerprint density at radius 1 is 1.47 bits per heavy atom. The van der Waals surface area contributed by atoms with E-state index >= 15 is 0 Å². The molecule has 1 aromatic rings. The number of carbonyl (C=O) groups excluding carboxylic acids is 1. The molecule has 4 nitrogen and oxygen atoms in total. The molecule has 0 fully saturated rings. The summed E-state index contributed by atoms with van der Waals surface area (Å²) in [6.07, 6.45) is 2.23. The number of amides is 1. The van der Waals surface area contributed by atoms with Crippen LogP contribution in [0.5, 0.6) is 0 Å². The molecule has 0 aromatic heterocycles. The Bertz CT molecular complexity index is 406. The van der Waals surface area contributed by atoms with Gasteiger partial charge >= 0.3 is 0 Å². The van der Waals surface area contributed by atoms with Crippen LogP contribution in [0.2, 0.25) is 0 Å². The van der Waals surface area contributed by atoms with Crippen molar-refractivity contribution in [1.82, 2.24) is 4.90 Å². The summed E-state index contributed by atoms with van der Waals surface area (Å²) in [7, 11) is 1.98. The number of hydrogen-bond donors (Lipinski definition) is 2. The first kappa shape index (κ1) is 15.7. The van der Waals surface area contributed by atoms with E-state index in [9.17, 15) is 4.79 Å². The Balaban J connectivity index is 2.50. The van der Waals surface area contributed by atoms with E-state index in [0.717, 1.165) is 24.1 Å². The minimum atomic E-state index is 0.0135. The second kappa shape index (κ2) is 7.92. The first-order chi connectivity index (χ1) is 9.06. The maximum atomic E-state index is 11.9. The van der Waals surface area contributed by atoms with E-state index in [2.05, 4.69) is 24.1 Å². The van der Waals surface area contributed by atoms with Crippen molar-refractivity contribution in [2.24, 2.45) is 5.73 Å². The number of rotatable bonds is 7. The summed E-state index contributed by atoms with van der Waals surface area (Å²) >= 11 is 0. The molecule has 1 aromatic carbocycles. The molecule has 0 saturated carbocycles. The topological polar surface area (TPSA) is 58.4 Å². The summed E-state index contributed by atoms with van der Waals surface area (Å²) in [6, 6.07) is 8.07. The van der Waals surface area contributed by atoms with Gasteiger partial charge in [0.15, 0.2) is 0 Å². The van der Waals surface area contributed by atoms with Crippen LogP contribution in [-0.4, -0.2) is 30.4 Å². The zero-order chi connectivity index (χ0) is 14.3. The van der Waals surface area contributed by atoms with Gasteiger partial charge < -0.3 is 11.1 Å². The Morgan fingerprint density at radius 3 is 2.84 bits per heavy atom. The second-order valence-electron chi connectivity index (χ2n) is 5.01. The van der Waals surface area contributed by atoms with Gasteiger partial charge in [-0.3, -0.25) is 9.69 Å². The molecule has 4 heteroatoms. The highest BCUT2D eigenvalue weighted by Gasteiger charge is 2.12. The quantitative estimate of drug-likeness (QED) is 0.793. The Labute approximate surface area is 116 Å². The third-order valence-corrected chi connectivity index (χ3v) is 3.30. The normalized spacial score (nSPS) is 12.5. The van der Waals surface area contributed by atoms with E-state index in [0.29, 0.717) is 19.1 Å². The lowest BCUT2D eigenvalue weighted by Gasteiger charge is -2.23. The van der Waals surface area contributed by atoms with Crippen molar-refractivity contribution >= 4 is 11.6 Å². The molecule has 1 amide bonds. The van der Waals surface area contributed by atoms with Crippen LogP contribution in [0.4, 0.5) is 5.69 Å². The van der Waals surface area contributed by atoms with Gasteiger partial charge in [-0.2, -0.15) is 0 Å². The van der Waals surface area contributed by atoms with Crippen molar-refractivity contribution in [2.75, 3.05) is 18.9 Å². The first-order valence-corrected chi connectivity index (χ1v) is 6.86. The van der Waals surface area contributed by atoms with E-state index in [1.807, 2.05) is 31.3 Å². The molecule has 106 valence electrons. The molecule has 3 N–H and O–H groups in total. The predicted molar refractivity (Wildman–Crippen MR) is 80.0 cm³/mol. The maximum absolute atomic E-state index is 11.9. The summed E-state index contributed by atoms with van der Waals surface area (Å²) in [5, 5.41) is 2.91. The predicted octanol–water partition coefficient (Wildman–Crippen LogP) is 2.20. The Morgan fingerprint density at radius 2 is 2.21 bits per heavy atom. The number of carbonyl (C=O) groups is 1. The number of hydrogen-bond acceptors (Lipinski definition) is 3. The lowest BCUT2D eigenvalue weighted by Crippen LogP contribution is -2.36. The molecule has 0 aliphatic carbocycles. The molecule has 19 heavy (non-hydrogen) atoms. The second-order valence-corrected chi connectivity index (χ2v) is 5.01. The maximum Gasteiger partial charge on any atom is 0.238 e. The van der Waals surface area contributed by atoms with Crippen molar-refractivity contribution in [3.63, 3.8) is 0 Å². The van der Waals surface area contributed by atoms with Crippen LogP contribution in [0, 0.1) is 0 Å². The molecule has 0 aliphatic heterocycles. The van der Waals surface area contributed by atoms with Crippen molar-refractivity contribution in [3.05, 3.63) is 29.8 Å². The van der Waals surface area contributed by atoms with Gasteiger partial charge in [-0.1, -0.05) is 25.5 Å². The Hall–Kier alpha value is -1.39. The standard InChI is InChI=1S/C15H25N3O/c1-4-6-12(2)18(3)11-15(19)17-14-8-5-7-13(9-14)10-16/h5,7-9,12H,4,6,10-11,16H2,1-3H3,(H,17,19). The first-order valence-electron chi connectivity index (χ1n) is 6.86. The van der Waals surface area contributed by atoms with Gasteiger partial charge in [0.25, 0.3) is 0 Å². The molecule has 1 rings (SSSR count). The highest BCUT2D eigenvalue weighted by atomic mass is 16.2. The van der Waals surface area contributed by atoms with Gasteiger partial charge in [-0.15, -0.1) is 0 Å². The molecule has 0 bridgehead atoms. The van der Waals surface area contributed by atoms with Crippen molar-refractivity contribution < 1.29 is 4.79 Å². The molecule has 0 heterocycles. The van der Waals surface area contributed by atoms with Crippen LogP contribution >= 0.6 is 0 Å². The lowest BCUT2D eigenvalue weighted by molar-refractivity contribution is -0.117. The highest BCUT2D eigenvalue weighted by Crippen LogP contribution is 2.10. The molecular formula is C15H25N3O. The van der Waals surface area contributed by atoms with Crippen LogP contribution in [0.3, 0.4) is 0 Å². The fraction of sp³-hybridized carbons (Fsp3) is 0.533. The van der Waals surface area contributed by atoms with Gasteiger partial charge in [-0.25, -0.2) is 0 Å². The summed E-state index contributed by atoms with van der Waals surface area (Å²) in [4.78, 5) is 14.0. The molecule has 0 spiro atoms. The fourth-order valence-electron chi connectivity index (χ4n) is 2.00. The average Bonchev–Trinajstić information content (AvgIpc) is 2.39. The fourth-order valence-corrected chi connectivity index (χ4v) is 2.00. The minimum Gasteiger partial charge on any atom is -0.326 e. The van der Waals surface area contributed by atoms with E-state index < -0.39 is 0 Å². The molecule has 0 saturated heterocycles. The van der Waals surface area contributed by atoms with Gasteiger partial charge in [0.1, 0.15) is 0 Å². The molecular weight excluding hydrogens is 238 g/mol. The van der Waals surface area contributed by atoms with Crippen LogP contribution in [0.25, 0.3) is 0 Å². The summed E-state index contributed by atoms with van der Waals surface area (Å²) in [6.45, 7) is 5.19. The zero-order valence-electron chi connectivity index (χ0n) is 12.1. The lowest BCUT2D eigenvalue weighted by atomic mass is 10.1. The van der Waals surface area contributed by atoms with Crippen molar-refractivity contribution in [1.29, 1.82) is 0 Å². The minimum absolute atomic E-state index is 0.0135. The summed E-state index contributed by atoms with van der Waals surface area (Å²) in [5.74, 6) is 0.0135. The average molecular weight is 263 g/mol. The third-order valence-electron chi connectivity index (χ3n) is 3.30. The number of nitrogens with one attached hydrogen (secondary N) is 1. The number of likely N-dealkylation sites (N-methyl/N-ethyl adjacent to an activating group) is 1. The van der Waals surface area contributed by atoms with Crippen LogP contribution in [0.15, 0.2) is 24.3 Å². The van der Waals surface area contributed by atoms with Gasteiger partial charge in [-0.05, 0) is 38.1 Å². The van der Waals surface area contributed by atoms with E-state index in [1.165, 1.54) is 0 Å². The van der Waals surface area contributed by atoms with E-state index in [-0.39, 0.29) is 5.91 Å². The number of anilines is 1. The van der Waals surface area contributed by atoms with Crippen LogP contribution in [-0.2, 0) is 11.3 Å². The Kier molecular flexibility index (Phi) is 6.53. The number of nitrogens with zero attached hydrogens (tertiary/aromatic N) is 1.